The van der Waals surface area contributed by atoms with Crippen LogP contribution < -0.4 is 10.2 Å². The summed E-state index contributed by atoms with van der Waals surface area (Å²) >= 11 is 0. The number of hydrogen-bond acceptors (Lipinski definition) is 3. The molecule has 7 heteroatoms. The van der Waals surface area contributed by atoms with Crippen LogP contribution in [0.15, 0.2) is 89.7 Å². The monoisotopic (exact) mass is 510 g/mol. The van der Waals surface area contributed by atoms with Gasteiger partial charge in [0, 0.05) is 18.4 Å². The van der Waals surface area contributed by atoms with Crippen molar-refractivity contribution < 1.29 is 14.0 Å². The van der Waals surface area contributed by atoms with Crippen molar-refractivity contribution in [1.82, 2.24) is 9.47 Å². The number of aromatic nitrogens is 1. The number of para-hydroxylation sites is 2. The van der Waals surface area contributed by atoms with Crippen LogP contribution in [0.1, 0.15) is 62.6 Å². The first-order valence-electron chi connectivity index (χ1n) is 13.3. The molecule has 0 saturated heterocycles. The molecule has 38 heavy (non-hydrogen) atoms. The molecule has 0 radical (unpaired) electrons. The van der Waals surface area contributed by atoms with Crippen LogP contribution in [-0.4, -0.2) is 34.5 Å². The van der Waals surface area contributed by atoms with Crippen LogP contribution in [0.5, 0.6) is 0 Å². The third-order valence-corrected chi connectivity index (χ3v) is 7.02. The Labute approximate surface area is 223 Å². The summed E-state index contributed by atoms with van der Waals surface area (Å²) in [5, 5.41) is 2.99. The van der Waals surface area contributed by atoms with Crippen LogP contribution >= 0.6 is 0 Å². The Morgan fingerprint density at radius 1 is 0.974 bits per heavy atom. The zero-order valence-electron chi connectivity index (χ0n) is 22.1. The van der Waals surface area contributed by atoms with E-state index in [4.69, 9.17) is 4.42 Å². The smallest absolute Gasteiger partial charge is 0.322 e. The van der Waals surface area contributed by atoms with Crippen LogP contribution in [0.25, 0.3) is 5.69 Å². The lowest BCUT2D eigenvalue weighted by molar-refractivity contribution is -0.119. The van der Waals surface area contributed by atoms with Crippen molar-refractivity contribution in [1.29, 1.82) is 0 Å². The highest BCUT2D eigenvalue weighted by Crippen LogP contribution is 2.42. The van der Waals surface area contributed by atoms with E-state index in [0.717, 1.165) is 29.9 Å². The Kier molecular flexibility index (Phi) is 7.36. The molecule has 3 heterocycles. The molecule has 1 N–H and O–H groups in total. The standard InChI is InChI=1S/C31H34N4O3/c1-4-5-18-33(31(37)32-24-16-14-23(15-17-24)22(2)3)21-29(36)35-26-11-7-6-10-25(26)34-19-8-12-27(34)30(35)28-13-9-20-38-28/h6-17,19-20,22,30H,4-5,18,21H2,1-3H3,(H,32,37). The Hall–Kier alpha value is -4.26. The van der Waals surface area contributed by atoms with Crippen LogP contribution in [0, 0.1) is 0 Å². The zero-order valence-corrected chi connectivity index (χ0v) is 22.1. The maximum Gasteiger partial charge on any atom is 0.322 e. The molecule has 2 aromatic heterocycles. The molecule has 5 rings (SSSR count). The Morgan fingerprint density at radius 3 is 2.42 bits per heavy atom. The van der Waals surface area contributed by atoms with Gasteiger partial charge in [-0.05, 0) is 66.4 Å². The highest BCUT2D eigenvalue weighted by atomic mass is 16.3. The topological polar surface area (TPSA) is 70.7 Å². The summed E-state index contributed by atoms with van der Waals surface area (Å²) in [6.07, 6.45) is 5.33. The van der Waals surface area contributed by atoms with Crippen molar-refractivity contribution in [3.8, 4) is 5.69 Å². The van der Waals surface area contributed by atoms with E-state index in [0.29, 0.717) is 23.9 Å². The molecule has 3 amide bonds. The molecule has 0 aliphatic carbocycles. The van der Waals surface area contributed by atoms with Gasteiger partial charge in [0.15, 0.2) is 0 Å². The summed E-state index contributed by atoms with van der Waals surface area (Å²) in [6.45, 7) is 6.77. The summed E-state index contributed by atoms with van der Waals surface area (Å²) in [5.74, 6) is 0.907. The first kappa shape index (κ1) is 25.4. The number of nitrogens with one attached hydrogen (secondary N) is 1. The molecule has 0 fully saturated rings. The first-order valence-corrected chi connectivity index (χ1v) is 13.3. The minimum atomic E-state index is -0.443. The molecular formula is C31H34N4O3. The van der Waals surface area contributed by atoms with Crippen LogP contribution in [0.2, 0.25) is 0 Å². The second-order valence-corrected chi connectivity index (χ2v) is 9.96. The van der Waals surface area contributed by atoms with Crippen molar-refractivity contribution in [3.05, 3.63) is 102 Å². The van der Waals surface area contributed by atoms with Crippen molar-refractivity contribution in [3.63, 3.8) is 0 Å². The number of furan rings is 1. The normalized spacial score (nSPS) is 14.2. The van der Waals surface area contributed by atoms with Crippen molar-refractivity contribution in [2.24, 2.45) is 0 Å². The van der Waals surface area contributed by atoms with E-state index in [9.17, 15) is 9.59 Å². The third kappa shape index (κ3) is 4.96. The highest BCUT2D eigenvalue weighted by Gasteiger charge is 2.38. The van der Waals surface area contributed by atoms with Gasteiger partial charge in [0.05, 0.1) is 23.3 Å². The van der Waals surface area contributed by atoms with E-state index in [1.807, 2.05) is 79.0 Å². The van der Waals surface area contributed by atoms with Gasteiger partial charge in [0.2, 0.25) is 5.91 Å². The predicted octanol–water partition coefficient (Wildman–Crippen LogP) is 6.96. The SMILES string of the molecule is CCCCN(CC(=O)N1c2ccccc2-n2cccc2C1c1ccco1)C(=O)Nc1ccc(C(C)C)cc1. The predicted molar refractivity (Wildman–Crippen MR) is 150 cm³/mol. The van der Waals surface area contributed by atoms with Gasteiger partial charge in [-0.15, -0.1) is 0 Å². The quantitative estimate of drug-likeness (QED) is 0.278. The van der Waals surface area contributed by atoms with Crippen LogP contribution in [-0.2, 0) is 4.79 Å². The molecule has 1 aliphatic rings. The second-order valence-electron chi connectivity index (χ2n) is 9.96. The van der Waals surface area contributed by atoms with Gasteiger partial charge in [-0.2, -0.15) is 0 Å². The molecule has 4 aromatic rings. The number of benzene rings is 2. The lowest BCUT2D eigenvalue weighted by Crippen LogP contribution is -2.47. The number of amides is 3. The van der Waals surface area contributed by atoms with E-state index in [1.165, 1.54) is 5.56 Å². The van der Waals surface area contributed by atoms with E-state index >= 15 is 0 Å². The van der Waals surface area contributed by atoms with Crippen molar-refractivity contribution in [2.45, 2.75) is 45.6 Å². The molecule has 0 bridgehead atoms. The number of carbonyl (C=O) groups is 2. The average Bonchev–Trinajstić information content (AvgIpc) is 3.63. The lowest BCUT2D eigenvalue weighted by atomic mass is 10.0. The van der Waals surface area contributed by atoms with Crippen molar-refractivity contribution >= 4 is 23.3 Å². The average molecular weight is 511 g/mol. The van der Waals surface area contributed by atoms with Gasteiger partial charge >= 0.3 is 6.03 Å². The van der Waals surface area contributed by atoms with Crippen LogP contribution in [0.3, 0.4) is 0 Å². The number of fused-ring (bicyclic) bond motifs is 3. The number of hydrogen-bond donors (Lipinski definition) is 1. The van der Waals surface area contributed by atoms with Gasteiger partial charge in [-0.3, -0.25) is 9.69 Å². The maximum absolute atomic E-state index is 14.1. The summed E-state index contributed by atoms with van der Waals surface area (Å²) in [6, 6.07) is 22.7. The van der Waals surface area contributed by atoms with Gasteiger partial charge in [-0.25, -0.2) is 4.79 Å². The number of urea groups is 1. The molecule has 196 valence electrons. The number of unbranched alkanes of at least 4 members (excludes halogenated alkanes) is 1. The van der Waals surface area contributed by atoms with Gasteiger partial charge in [0.1, 0.15) is 18.3 Å². The molecule has 1 aliphatic heterocycles. The molecule has 0 spiro atoms. The fraction of sp³-hybridized carbons (Fsp3) is 0.290. The van der Waals surface area contributed by atoms with Gasteiger partial charge in [0.25, 0.3) is 0 Å². The van der Waals surface area contributed by atoms with E-state index in [2.05, 4.69) is 30.7 Å². The Morgan fingerprint density at radius 2 is 1.74 bits per heavy atom. The number of carbonyl (C=O) groups excluding carboxylic acids is 2. The summed E-state index contributed by atoms with van der Waals surface area (Å²) in [7, 11) is 0. The fourth-order valence-corrected chi connectivity index (χ4v) is 4.97. The fourth-order valence-electron chi connectivity index (χ4n) is 4.97. The number of rotatable bonds is 8. The first-order chi connectivity index (χ1) is 18.5. The largest absolute Gasteiger partial charge is 0.467 e. The maximum atomic E-state index is 14.1. The van der Waals surface area contributed by atoms with Gasteiger partial charge < -0.3 is 19.2 Å². The molecule has 7 nitrogen and oxygen atoms in total. The highest BCUT2D eigenvalue weighted by molar-refractivity contribution is 6.01. The third-order valence-electron chi connectivity index (χ3n) is 7.02. The van der Waals surface area contributed by atoms with Crippen LogP contribution in [0.4, 0.5) is 16.2 Å². The molecule has 0 saturated carbocycles. The second kappa shape index (κ2) is 11.0. The van der Waals surface area contributed by atoms with E-state index < -0.39 is 6.04 Å². The Balaban J connectivity index is 1.44. The van der Waals surface area contributed by atoms with Gasteiger partial charge in [-0.1, -0.05) is 51.5 Å². The summed E-state index contributed by atoms with van der Waals surface area (Å²) in [4.78, 5) is 30.9. The molecule has 1 unspecified atom stereocenters. The summed E-state index contributed by atoms with van der Waals surface area (Å²) < 4.78 is 7.91. The van der Waals surface area contributed by atoms with E-state index in [-0.39, 0.29) is 18.5 Å². The molecule has 2 aromatic carbocycles. The molecule has 1 atom stereocenters. The number of anilines is 2. The van der Waals surface area contributed by atoms with E-state index in [1.54, 1.807) is 16.1 Å². The zero-order chi connectivity index (χ0) is 26.6. The minimum Gasteiger partial charge on any atom is -0.467 e. The minimum absolute atomic E-state index is 0.0534. The summed E-state index contributed by atoms with van der Waals surface area (Å²) in [5.41, 5.74) is 4.55. The molecular weight excluding hydrogens is 476 g/mol. The van der Waals surface area contributed by atoms with Crippen molar-refractivity contribution in [2.75, 3.05) is 23.3 Å². The lowest BCUT2D eigenvalue weighted by Gasteiger charge is -2.38. The number of nitrogens with zero attached hydrogens (tertiary/aromatic N) is 3. The Bertz CT molecular complexity index is 1390.